The van der Waals surface area contributed by atoms with Crippen molar-refractivity contribution in [1.82, 2.24) is 0 Å². The van der Waals surface area contributed by atoms with Gasteiger partial charge >= 0.3 is 0 Å². The SMILES string of the molecule is NCCC(F)c1cc2c(cc1Br)OCO2. The second kappa shape index (κ2) is 4.37. The summed E-state index contributed by atoms with van der Waals surface area (Å²) in [5, 5.41) is 0. The summed E-state index contributed by atoms with van der Waals surface area (Å²) in [5.74, 6) is 1.23. The third kappa shape index (κ3) is 2.08. The Kier molecular flexibility index (Phi) is 3.11. The second-order valence-electron chi connectivity index (χ2n) is 3.27. The molecule has 0 aromatic heterocycles. The van der Waals surface area contributed by atoms with Gasteiger partial charge in [-0.2, -0.15) is 0 Å². The molecule has 2 N–H and O–H groups in total. The number of halogens is 2. The number of alkyl halides is 1. The molecule has 1 aromatic rings. The Morgan fingerprint density at radius 2 is 2.07 bits per heavy atom. The fraction of sp³-hybridized carbons (Fsp3) is 0.400. The number of hydrogen-bond donors (Lipinski definition) is 1. The Balaban J connectivity index is 2.31. The van der Waals surface area contributed by atoms with E-state index in [1.807, 2.05) is 0 Å². The van der Waals surface area contributed by atoms with Crippen LogP contribution in [-0.4, -0.2) is 13.3 Å². The lowest BCUT2D eigenvalue weighted by Gasteiger charge is -2.10. The minimum Gasteiger partial charge on any atom is -0.454 e. The minimum atomic E-state index is -1.07. The van der Waals surface area contributed by atoms with Crippen LogP contribution in [0, 0.1) is 0 Å². The smallest absolute Gasteiger partial charge is 0.231 e. The van der Waals surface area contributed by atoms with Crippen molar-refractivity contribution in [2.24, 2.45) is 5.73 Å². The predicted molar refractivity (Wildman–Crippen MR) is 57.8 cm³/mol. The lowest BCUT2D eigenvalue weighted by Crippen LogP contribution is -2.04. The zero-order chi connectivity index (χ0) is 10.8. The van der Waals surface area contributed by atoms with E-state index in [4.69, 9.17) is 15.2 Å². The van der Waals surface area contributed by atoms with Gasteiger partial charge in [-0.15, -0.1) is 0 Å². The molecular formula is C10H11BrFNO2. The topological polar surface area (TPSA) is 44.5 Å². The maximum absolute atomic E-state index is 13.7. The molecule has 0 saturated carbocycles. The van der Waals surface area contributed by atoms with Gasteiger partial charge < -0.3 is 15.2 Å². The molecule has 0 fully saturated rings. The Morgan fingerprint density at radius 1 is 1.40 bits per heavy atom. The summed E-state index contributed by atoms with van der Waals surface area (Å²) < 4.78 is 24.7. The zero-order valence-corrected chi connectivity index (χ0v) is 9.59. The molecule has 0 radical (unpaired) electrons. The van der Waals surface area contributed by atoms with Gasteiger partial charge in [0.05, 0.1) is 0 Å². The molecule has 1 aliphatic heterocycles. The third-order valence-electron chi connectivity index (χ3n) is 2.25. The fourth-order valence-electron chi connectivity index (χ4n) is 1.47. The molecule has 1 unspecified atom stereocenters. The molecule has 0 saturated heterocycles. The molecule has 3 nitrogen and oxygen atoms in total. The molecule has 0 bridgehead atoms. The number of ether oxygens (including phenoxy) is 2. The summed E-state index contributed by atoms with van der Waals surface area (Å²) in [5.41, 5.74) is 5.88. The first-order chi connectivity index (χ1) is 7.22. The average molecular weight is 276 g/mol. The van der Waals surface area contributed by atoms with Crippen LogP contribution in [0.25, 0.3) is 0 Å². The van der Waals surface area contributed by atoms with E-state index in [-0.39, 0.29) is 6.79 Å². The van der Waals surface area contributed by atoms with Crippen molar-refractivity contribution in [3.8, 4) is 11.5 Å². The van der Waals surface area contributed by atoms with Gasteiger partial charge in [-0.3, -0.25) is 0 Å². The Morgan fingerprint density at radius 3 is 2.73 bits per heavy atom. The molecule has 15 heavy (non-hydrogen) atoms. The normalized spacial score (nSPS) is 15.4. The summed E-state index contributed by atoms with van der Waals surface area (Å²) in [6.45, 7) is 0.515. The van der Waals surface area contributed by atoms with Crippen LogP contribution in [0.15, 0.2) is 16.6 Å². The van der Waals surface area contributed by atoms with Gasteiger partial charge in [0.15, 0.2) is 11.5 Å². The highest BCUT2D eigenvalue weighted by molar-refractivity contribution is 9.10. The third-order valence-corrected chi connectivity index (χ3v) is 2.94. The second-order valence-corrected chi connectivity index (χ2v) is 4.13. The predicted octanol–water partition coefficient (Wildman–Crippen LogP) is 2.54. The molecular weight excluding hydrogens is 265 g/mol. The van der Waals surface area contributed by atoms with E-state index in [1.54, 1.807) is 12.1 Å². The number of rotatable bonds is 3. The molecule has 0 aliphatic carbocycles. The van der Waals surface area contributed by atoms with E-state index in [0.29, 0.717) is 34.5 Å². The molecule has 0 amide bonds. The summed E-state index contributed by atoms with van der Waals surface area (Å²) in [6, 6.07) is 3.38. The van der Waals surface area contributed by atoms with Gasteiger partial charge in [0.2, 0.25) is 6.79 Å². The summed E-state index contributed by atoms with van der Waals surface area (Å²) in [4.78, 5) is 0. The number of nitrogens with two attached hydrogens (primary N) is 1. The highest BCUT2D eigenvalue weighted by Gasteiger charge is 2.20. The van der Waals surface area contributed by atoms with Crippen molar-refractivity contribution >= 4 is 15.9 Å². The van der Waals surface area contributed by atoms with E-state index >= 15 is 0 Å². The lowest BCUT2D eigenvalue weighted by atomic mass is 10.1. The fourth-order valence-corrected chi connectivity index (χ4v) is 2.05. The van der Waals surface area contributed by atoms with Crippen LogP contribution in [-0.2, 0) is 0 Å². The van der Waals surface area contributed by atoms with Crippen LogP contribution in [0.4, 0.5) is 4.39 Å². The van der Waals surface area contributed by atoms with Gasteiger partial charge in [0.1, 0.15) is 6.17 Å². The lowest BCUT2D eigenvalue weighted by molar-refractivity contribution is 0.174. The van der Waals surface area contributed by atoms with E-state index < -0.39 is 6.17 Å². The highest BCUT2D eigenvalue weighted by Crippen LogP contribution is 2.40. The van der Waals surface area contributed by atoms with Crippen LogP contribution in [0.2, 0.25) is 0 Å². The highest BCUT2D eigenvalue weighted by atomic mass is 79.9. The Bertz CT molecular complexity index is 373. The van der Waals surface area contributed by atoms with Crippen molar-refractivity contribution in [1.29, 1.82) is 0 Å². The molecule has 1 aliphatic rings. The van der Waals surface area contributed by atoms with Crippen molar-refractivity contribution in [3.05, 3.63) is 22.2 Å². The molecule has 2 rings (SSSR count). The van der Waals surface area contributed by atoms with Crippen LogP contribution in [0.1, 0.15) is 18.2 Å². The summed E-state index contributed by atoms with van der Waals surface area (Å²) in [6.07, 6.45) is -0.767. The summed E-state index contributed by atoms with van der Waals surface area (Å²) in [7, 11) is 0. The average Bonchev–Trinajstić information content (AvgIpc) is 2.63. The maximum atomic E-state index is 13.7. The standard InChI is InChI=1S/C10H11BrFNO2/c11-7-4-10-9(14-5-15-10)3-6(7)8(12)1-2-13/h3-4,8H,1-2,5,13H2. The Hall–Kier alpha value is -0.810. The zero-order valence-electron chi connectivity index (χ0n) is 8.00. The van der Waals surface area contributed by atoms with E-state index in [9.17, 15) is 4.39 Å². The van der Waals surface area contributed by atoms with Crippen molar-refractivity contribution in [2.45, 2.75) is 12.6 Å². The van der Waals surface area contributed by atoms with Crippen LogP contribution in [0.3, 0.4) is 0 Å². The van der Waals surface area contributed by atoms with Gasteiger partial charge in [-0.05, 0) is 25.1 Å². The summed E-state index contributed by atoms with van der Waals surface area (Å²) >= 11 is 3.30. The van der Waals surface area contributed by atoms with Crippen molar-refractivity contribution in [3.63, 3.8) is 0 Å². The van der Waals surface area contributed by atoms with E-state index in [2.05, 4.69) is 15.9 Å². The molecule has 0 spiro atoms. The first-order valence-corrected chi connectivity index (χ1v) is 5.45. The number of benzene rings is 1. The number of hydrogen-bond acceptors (Lipinski definition) is 3. The van der Waals surface area contributed by atoms with Crippen molar-refractivity contribution in [2.75, 3.05) is 13.3 Å². The minimum absolute atomic E-state index is 0.194. The quantitative estimate of drug-likeness (QED) is 0.922. The van der Waals surface area contributed by atoms with Gasteiger partial charge in [-0.1, -0.05) is 15.9 Å². The van der Waals surface area contributed by atoms with Crippen LogP contribution in [0.5, 0.6) is 11.5 Å². The van der Waals surface area contributed by atoms with Crippen LogP contribution >= 0.6 is 15.9 Å². The molecule has 1 atom stereocenters. The molecule has 1 aromatic carbocycles. The molecule has 5 heteroatoms. The largest absolute Gasteiger partial charge is 0.454 e. The number of fused-ring (bicyclic) bond motifs is 1. The molecule has 82 valence electrons. The van der Waals surface area contributed by atoms with E-state index in [1.165, 1.54) is 0 Å². The van der Waals surface area contributed by atoms with Gasteiger partial charge in [-0.25, -0.2) is 4.39 Å². The monoisotopic (exact) mass is 275 g/mol. The Labute approximate surface area is 95.5 Å². The first-order valence-electron chi connectivity index (χ1n) is 4.65. The maximum Gasteiger partial charge on any atom is 0.231 e. The van der Waals surface area contributed by atoms with Gasteiger partial charge in [0, 0.05) is 10.0 Å². The van der Waals surface area contributed by atoms with Gasteiger partial charge in [0.25, 0.3) is 0 Å². The van der Waals surface area contributed by atoms with E-state index in [0.717, 1.165) is 0 Å². The van der Waals surface area contributed by atoms with Crippen LogP contribution < -0.4 is 15.2 Å². The molecule has 1 heterocycles. The van der Waals surface area contributed by atoms with Crippen molar-refractivity contribution < 1.29 is 13.9 Å². The first kappa shape index (κ1) is 10.7.